The van der Waals surface area contributed by atoms with Crippen LogP contribution < -0.4 is 14.2 Å². The quantitative estimate of drug-likeness (QED) is 0.469. The SMILES string of the molecule is COc1ccc(C2c3cc(OC)c(OC)cc3CCN2C(=O)C(OC(C)=O)c2ccccc2)cc1. The molecule has 1 aliphatic heterocycles. The zero-order valence-corrected chi connectivity index (χ0v) is 20.3. The van der Waals surface area contributed by atoms with Gasteiger partial charge in [-0.2, -0.15) is 0 Å². The van der Waals surface area contributed by atoms with Crippen LogP contribution in [0.3, 0.4) is 0 Å². The lowest BCUT2D eigenvalue weighted by atomic mass is 9.87. The van der Waals surface area contributed by atoms with E-state index in [0.29, 0.717) is 30.0 Å². The number of hydrogen-bond acceptors (Lipinski definition) is 6. The van der Waals surface area contributed by atoms with E-state index in [9.17, 15) is 9.59 Å². The Morgan fingerprint density at radius 3 is 2.14 bits per heavy atom. The highest BCUT2D eigenvalue weighted by Gasteiger charge is 2.38. The molecule has 0 saturated heterocycles. The van der Waals surface area contributed by atoms with Gasteiger partial charge in [-0.05, 0) is 47.4 Å². The molecule has 2 unspecified atom stereocenters. The van der Waals surface area contributed by atoms with Crippen LogP contribution in [0.15, 0.2) is 66.7 Å². The molecule has 0 saturated carbocycles. The molecular formula is C28H29NO6. The first-order valence-electron chi connectivity index (χ1n) is 11.4. The van der Waals surface area contributed by atoms with Crippen molar-refractivity contribution in [1.82, 2.24) is 4.90 Å². The van der Waals surface area contributed by atoms with Crippen LogP contribution in [0.4, 0.5) is 0 Å². The van der Waals surface area contributed by atoms with Crippen molar-refractivity contribution in [2.45, 2.75) is 25.5 Å². The van der Waals surface area contributed by atoms with Crippen molar-refractivity contribution in [3.05, 3.63) is 89.0 Å². The molecule has 1 heterocycles. The average Bonchev–Trinajstić information content (AvgIpc) is 2.90. The van der Waals surface area contributed by atoms with Gasteiger partial charge in [0.05, 0.1) is 27.4 Å². The Morgan fingerprint density at radius 2 is 1.54 bits per heavy atom. The maximum absolute atomic E-state index is 14.0. The minimum absolute atomic E-state index is 0.285. The topological polar surface area (TPSA) is 74.3 Å². The van der Waals surface area contributed by atoms with Gasteiger partial charge in [0.2, 0.25) is 6.10 Å². The zero-order valence-electron chi connectivity index (χ0n) is 20.3. The number of hydrogen-bond donors (Lipinski definition) is 0. The van der Waals surface area contributed by atoms with Gasteiger partial charge in [0.15, 0.2) is 11.5 Å². The molecule has 3 aromatic rings. The number of carbonyl (C=O) groups is 2. The van der Waals surface area contributed by atoms with E-state index in [1.165, 1.54) is 6.92 Å². The van der Waals surface area contributed by atoms with Crippen LogP contribution >= 0.6 is 0 Å². The summed E-state index contributed by atoms with van der Waals surface area (Å²) in [6.45, 7) is 1.76. The Hall–Kier alpha value is -4.00. The summed E-state index contributed by atoms with van der Waals surface area (Å²) < 4.78 is 22.0. The molecule has 7 nitrogen and oxygen atoms in total. The van der Waals surface area contributed by atoms with Crippen molar-refractivity contribution in [2.24, 2.45) is 0 Å². The van der Waals surface area contributed by atoms with E-state index in [2.05, 4.69) is 0 Å². The standard InChI is InChI=1S/C28H29NO6/c1-18(30)35-27(20-8-6-5-7-9-20)28(31)29-15-14-21-16-24(33-3)25(34-4)17-23(21)26(29)19-10-12-22(32-2)13-11-19/h5-13,16-17,26-27H,14-15H2,1-4H3. The maximum atomic E-state index is 14.0. The summed E-state index contributed by atoms with van der Waals surface area (Å²) in [5, 5.41) is 0. The Bertz CT molecular complexity index is 1190. The fraction of sp³-hybridized carbons (Fsp3) is 0.286. The maximum Gasteiger partial charge on any atom is 0.303 e. The Morgan fingerprint density at radius 1 is 0.886 bits per heavy atom. The molecule has 3 aromatic carbocycles. The van der Waals surface area contributed by atoms with E-state index in [4.69, 9.17) is 18.9 Å². The number of benzene rings is 3. The minimum atomic E-state index is -1.05. The zero-order chi connectivity index (χ0) is 24.9. The number of rotatable bonds is 7. The first kappa shape index (κ1) is 24.1. The van der Waals surface area contributed by atoms with Crippen molar-refractivity contribution < 1.29 is 28.5 Å². The van der Waals surface area contributed by atoms with Gasteiger partial charge in [-0.1, -0.05) is 42.5 Å². The highest BCUT2D eigenvalue weighted by Crippen LogP contribution is 2.42. The lowest BCUT2D eigenvalue weighted by Crippen LogP contribution is -2.43. The molecule has 4 rings (SSSR count). The number of nitrogens with zero attached hydrogens (tertiary/aromatic N) is 1. The molecule has 0 fully saturated rings. The molecular weight excluding hydrogens is 446 g/mol. The highest BCUT2D eigenvalue weighted by molar-refractivity contribution is 5.86. The second-order valence-corrected chi connectivity index (χ2v) is 8.26. The second-order valence-electron chi connectivity index (χ2n) is 8.26. The van der Waals surface area contributed by atoms with Gasteiger partial charge in [0.1, 0.15) is 5.75 Å². The van der Waals surface area contributed by atoms with E-state index < -0.39 is 18.1 Å². The third kappa shape index (κ3) is 4.94. The second kappa shape index (κ2) is 10.5. The minimum Gasteiger partial charge on any atom is -0.497 e. The van der Waals surface area contributed by atoms with Crippen LogP contribution in [0, 0.1) is 0 Å². The lowest BCUT2D eigenvalue weighted by Gasteiger charge is -2.39. The number of ether oxygens (including phenoxy) is 4. The molecule has 0 spiro atoms. The number of methoxy groups -OCH3 is 3. The Kier molecular flexibility index (Phi) is 7.25. The molecule has 0 aromatic heterocycles. The molecule has 1 aliphatic rings. The van der Waals surface area contributed by atoms with Crippen molar-refractivity contribution in [3.8, 4) is 17.2 Å². The van der Waals surface area contributed by atoms with Crippen LogP contribution in [0.1, 0.15) is 41.3 Å². The van der Waals surface area contributed by atoms with Crippen LogP contribution in [-0.2, 0) is 20.7 Å². The van der Waals surface area contributed by atoms with Crippen LogP contribution in [0.2, 0.25) is 0 Å². The molecule has 1 amide bonds. The summed E-state index contributed by atoms with van der Waals surface area (Å²) >= 11 is 0. The van der Waals surface area contributed by atoms with E-state index >= 15 is 0 Å². The van der Waals surface area contributed by atoms with Crippen molar-refractivity contribution in [1.29, 1.82) is 0 Å². The normalized spacial score (nSPS) is 15.5. The van der Waals surface area contributed by atoms with Crippen molar-refractivity contribution >= 4 is 11.9 Å². The van der Waals surface area contributed by atoms with Gasteiger partial charge >= 0.3 is 5.97 Å². The highest BCUT2D eigenvalue weighted by atomic mass is 16.5. The van der Waals surface area contributed by atoms with Crippen LogP contribution in [-0.4, -0.2) is 44.7 Å². The Balaban J connectivity index is 1.83. The fourth-order valence-electron chi connectivity index (χ4n) is 4.53. The monoisotopic (exact) mass is 475 g/mol. The molecule has 2 atom stereocenters. The third-order valence-electron chi connectivity index (χ3n) is 6.20. The molecule has 0 aliphatic carbocycles. The largest absolute Gasteiger partial charge is 0.497 e. The van der Waals surface area contributed by atoms with E-state index in [0.717, 1.165) is 22.4 Å². The molecule has 7 heteroatoms. The van der Waals surface area contributed by atoms with Gasteiger partial charge in [-0.25, -0.2) is 0 Å². The molecule has 35 heavy (non-hydrogen) atoms. The first-order chi connectivity index (χ1) is 17.0. The molecule has 0 N–H and O–H groups in total. The first-order valence-corrected chi connectivity index (χ1v) is 11.4. The predicted octanol–water partition coefficient (Wildman–Crippen LogP) is 4.49. The van der Waals surface area contributed by atoms with Gasteiger partial charge in [0.25, 0.3) is 5.91 Å². The number of carbonyl (C=O) groups excluding carboxylic acids is 2. The summed E-state index contributed by atoms with van der Waals surface area (Å²) in [6, 6.07) is 20.2. The summed E-state index contributed by atoms with van der Waals surface area (Å²) in [4.78, 5) is 27.7. The van der Waals surface area contributed by atoms with Crippen LogP contribution in [0.25, 0.3) is 0 Å². The summed E-state index contributed by atoms with van der Waals surface area (Å²) in [5.74, 6) is 1.14. The van der Waals surface area contributed by atoms with Gasteiger partial charge < -0.3 is 23.8 Å². The van der Waals surface area contributed by atoms with E-state index in [-0.39, 0.29) is 5.91 Å². The fourth-order valence-corrected chi connectivity index (χ4v) is 4.53. The van der Waals surface area contributed by atoms with Crippen molar-refractivity contribution in [2.75, 3.05) is 27.9 Å². The molecule has 182 valence electrons. The third-order valence-corrected chi connectivity index (χ3v) is 6.20. The van der Waals surface area contributed by atoms with E-state index in [1.807, 2.05) is 54.6 Å². The smallest absolute Gasteiger partial charge is 0.303 e. The number of fused-ring (bicyclic) bond motifs is 1. The predicted molar refractivity (Wildman–Crippen MR) is 131 cm³/mol. The molecule has 0 radical (unpaired) electrons. The van der Waals surface area contributed by atoms with Gasteiger partial charge in [-0.15, -0.1) is 0 Å². The number of amides is 1. The molecule has 0 bridgehead atoms. The average molecular weight is 476 g/mol. The summed E-state index contributed by atoms with van der Waals surface area (Å²) in [7, 11) is 4.80. The summed E-state index contributed by atoms with van der Waals surface area (Å²) in [6.07, 6.45) is -0.425. The van der Waals surface area contributed by atoms with E-state index in [1.54, 1.807) is 38.4 Å². The lowest BCUT2D eigenvalue weighted by molar-refractivity contribution is -0.160. The number of esters is 1. The summed E-state index contributed by atoms with van der Waals surface area (Å²) in [5.41, 5.74) is 3.53. The Labute approximate surface area is 205 Å². The van der Waals surface area contributed by atoms with Crippen molar-refractivity contribution in [3.63, 3.8) is 0 Å². The van der Waals surface area contributed by atoms with Crippen LogP contribution in [0.5, 0.6) is 17.2 Å². The van der Waals surface area contributed by atoms with Gasteiger partial charge in [-0.3, -0.25) is 9.59 Å². The van der Waals surface area contributed by atoms with Gasteiger partial charge in [0, 0.05) is 19.0 Å².